The number of hydrogen-bond acceptors (Lipinski definition) is 4. The van der Waals surface area contributed by atoms with Gasteiger partial charge in [-0.25, -0.2) is 0 Å². The van der Waals surface area contributed by atoms with Crippen LogP contribution >= 0.6 is 0 Å². The quantitative estimate of drug-likeness (QED) is 0.577. The number of benzene rings is 2. The fourth-order valence-corrected chi connectivity index (χ4v) is 2.04. The first-order valence-electron chi connectivity index (χ1n) is 6.73. The molecule has 0 bridgehead atoms. The van der Waals surface area contributed by atoms with Gasteiger partial charge in [-0.05, 0) is 24.6 Å². The zero-order chi connectivity index (χ0) is 15.1. The lowest BCUT2D eigenvalue weighted by Crippen LogP contribution is -2.02. The van der Waals surface area contributed by atoms with Gasteiger partial charge in [0.05, 0.1) is 12.2 Å². The Labute approximate surface area is 124 Å². The summed E-state index contributed by atoms with van der Waals surface area (Å²) in [5.41, 5.74) is 2.41. The van der Waals surface area contributed by atoms with Gasteiger partial charge in [0.15, 0.2) is 6.79 Å². The molecule has 0 spiro atoms. The van der Waals surface area contributed by atoms with E-state index in [1.165, 1.54) is 0 Å². The fraction of sp³-hybridized carbons (Fsp3) is 0.235. The summed E-state index contributed by atoms with van der Waals surface area (Å²) in [7, 11) is 1.57. The zero-order valence-electron chi connectivity index (χ0n) is 12.2. The summed E-state index contributed by atoms with van der Waals surface area (Å²) in [5, 5.41) is 0. The lowest BCUT2D eigenvalue weighted by atomic mass is 10.0. The molecule has 0 radical (unpaired) electrons. The van der Waals surface area contributed by atoms with Gasteiger partial charge in [0.1, 0.15) is 17.8 Å². The summed E-state index contributed by atoms with van der Waals surface area (Å²) in [4.78, 5) is 10.8. The molecule has 0 N–H and O–H groups in total. The molecule has 0 aliphatic heterocycles. The van der Waals surface area contributed by atoms with E-state index >= 15 is 0 Å². The van der Waals surface area contributed by atoms with Crippen LogP contribution in [0.4, 0.5) is 0 Å². The maximum Gasteiger partial charge on any atom is 0.188 e. The maximum absolute atomic E-state index is 10.8. The van der Waals surface area contributed by atoms with E-state index in [0.29, 0.717) is 17.9 Å². The standard InChI is InChI=1S/C17H18O4/c1-3-20-15-5-4-6-16(21-12-19-2)17(15)14-9-7-13(11-18)8-10-14/h4-11H,3,12H2,1-2H3. The Bertz CT molecular complexity index is 590. The molecule has 0 amide bonds. The van der Waals surface area contributed by atoms with Crippen LogP contribution in [-0.4, -0.2) is 26.8 Å². The molecular formula is C17H18O4. The van der Waals surface area contributed by atoms with Crippen molar-refractivity contribution in [2.75, 3.05) is 20.5 Å². The molecule has 4 heteroatoms. The van der Waals surface area contributed by atoms with Crippen molar-refractivity contribution >= 4 is 6.29 Å². The number of ether oxygens (including phenoxy) is 3. The highest BCUT2D eigenvalue weighted by molar-refractivity contribution is 5.80. The van der Waals surface area contributed by atoms with Crippen molar-refractivity contribution in [3.8, 4) is 22.6 Å². The van der Waals surface area contributed by atoms with Crippen LogP contribution in [0.15, 0.2) is 42.5 Å². The topological polar surface area (TPSA) is 44.8 Å². The van der Waals surface area contributed by atoms with Crippen molar-refractivity contribution in [3.63, 3.8) is 0 Å². The Balaban J connectivity index is 2.47. The molecule has 0 atom stereocenters. The van der Waals surface area contributed by atoms with Gasteiger partial charge in [-0.15, -0.1) is 0 Å². The van der Waals surface area contributed by atoms with Gasteiger partial charge in [0.2, 0.25) is 0 Å². The summed E-state index contributed by atoms with van der Waals surface area (Å²) in [6.45, 7) is 2.66. The van der Waals surface area contributed by atoms with Gasteiger partial charge < -0.3 is 14.2 Å². The average molecular weight is 286 g/mol. The van der Waals surface area contributed by atoms with E-state index < -0.39 is 0 Å². The normalized spacial score (nSPS) is 10.2. The molecule has 2 rings (SSSR count). The third-order valence-electron chi connectivity index (χ3n) is 2.96. The van der Waals surface area contributed by atoms with Crippen LogP contribution < -0.4 is 9.47 Å². The van der Waals surface area contributed by atoms with E-state index in [-0.39, 0.29) is 6.79 Å². The summed E-state index contributed by atoms with van der Waals surface area (Å²) in [6.07, 6.45) is 0.820. The van der Waals surface area contributed by atoms with Crippen molar-refractivity contribution in [2.24, 2.45) is 0 Å². The number of aldehydes is 1. The first kappa shape index (κ1) is 15.1. The van der Waals surface area contributed by atoms with E-state index in [4.69, 9.17) is 14.2 Å². The Hall–Kier alpha value is -2.33. The Morgan fingerprint density at radius 1 is 1.00 bits per heavy atom. The van der Waals surface area contributed by atoms with Gasteiger partial charge in [0, 0.05) is 12.7 Å². The average Bonchev–Trinajstić information content (AvgIpc) is 2.53. The minimum absolute atomic E-state index is 0.162. The summed E-state index contributed by atoms with van der Waals surface area (Å²) < 4.78 is 16.3. The number of methoxy groups -OCH3 is 1. The van der Waals surface area contributed by atoms with E-state index in [2.05, 4.69) is 0 Å². The minimum atomic E-state index is 0.162. The third kappa shape index (κ3) is 3.61. The number of rotatable bonds is 7. The highest BCUT2D eigenvalue weighted by Crippen LogP contribution is 2.38. The van der Waals surface area contributed by atoms with Crippen LogP contribution in [0, 0.1) is 0 Å². The molecule has 0 saturated carbocycles. The molecule has 2 aromatic carbocycles. The van der Waals surface area contributed by atoms with Crippen LogP contribution in [0.25, 0.3) is 11.1 Å². The Kier molecular flexibility index (Phi) is 5.35. The summed E-state index contributed by atoms with van der Waals surface area (Å²) >= 11 is 0. The van der Waals surface area contributed by atoms with E-state index in [9.17, 15) is 4.79 Å². The van der Waals surface area contributed by atoms with Crippen molar-refractivity contribution in [1.29, 1.82) is 0 Å². The molecule has 110 valence electrons. The number of hydrogen-bond donors (Lipinski definition) is 0. The Morgan fingerprint density at radius 2 is 1.67 bits per heavy atom. The van der Waals surface area contributed by atoms with Crippen LogP contribution in [0.3, 0.4) is 0 Å². The smallest absolute Gasteiger partial charge is 0.188 e. The lowest BCUT2D eigenvalue weighted by molar-refractivity contribution is 0.0514. The first-order valence-corrected chi connectivity index (χ1v) is 6.73. The van der Waals surface area contributed by atoms with Gasteiger partial charge in [-0.3, -0.25) is 4.79 Å². The molecule has 0 heterocycles. The molecule has 4 nitrogen and oxygen atoms in total. The third-order valence-corrected chi connectivity index (χ3v) is 2.96. The number of carbonyl (C=O) groups is 1. The predicted octanol–water partition coefficient (Wildman–Crippen LogP) is 3.55. The highest BCUT2D eigenvalue weighted by Gasteiger charge is 2.13. The second-order valence-electron chi connectivity index (χ2n) is 4.35. The second kappa shape index (κ2) is 7.45. The summed E-state index contributed by atoms with van der Waals surface area (Å²) in [6, 6.07) is 12.9. The van der Waals surface area contributed by atoms with Crippen molar-refractivity contribution < 1.29 is 19.0 Å². The maximum atomic E-state index is 10.8. The lowest BCUT2D eigenvalue weighted by Gasteiger charge is -2.15. The van der Waals surface area contributed by atoms with Crippen molar-refractivity contribution in [1.82, 2.24) is 0 Å². The molecule has 0 saturated heterocycles. The largest absolute Gasteiger partial charge is 0.493 e. The van der Waals surface area contributed by atoms with Crippen LogP contribution in [-0.2, 0) is 4.74 Å². The van der Waals surface area contributed by atoms with Gasteiger partial charge in [-0.1, -0.05) is 30.3 Å². The van der Waals surface area contributed by atoms with Gasteiger partial charge in [0.25, 0.3) is 0 Å². The van der Waals surface area contributed by atoms with Gasteiger partial charge in [-0.2, -0.15) is 0 Å². The predicted molar refractivity (Wildman–Crippen MR) is 80.9 cm³/mol. The zero-order valence-corrected chi connectivity index (χ0v) is 12.2. The molecule has 0 unspecified atom stereocenters. The summed E-state index contributed by atoms with van der Waals surface area (Å²) in [5.74, 6) is 1.42. The molecule has 0 aliphatic carbocycles. The molecule has 0 aliphatic rings. The monoisotopic (exact) mass is 286 g/mol. The van der Waals surface area contributed by atoms with E-state index in [1.54, 1.807) is 19.2 Å². The van der Waals surface area contributed by atoms with Gasteiger partial charge >= 0.3 is 0 Å². The second-order valence-corrected chi connectivity index (χ2v) is 4.35. The molecule has 0 aromatic heterocycles. The molecule has 2 aromatic rings. The van der Waals surface area contributed by atoms with Crippen LogP contribution in [0.2, 0.25) is 0 Å². The molecular weight excluding hydrogens is 268 g/mol. The first-order chi connectivity index (χ1) is 10.3. The van der Waals surface area contributed by atoms with E-state index in [0.717, 1.165) is 23.2 Å². The SMILES string of the molecule is CCOc1cccc(OCOC)c1-c1ccc(C=O)cc1. The van der Waals surface area contributed by atoms with Crippen LogP contribution in [0.5, 0.6) is 11.5 Å². The molecule has 0 fully saturated rings. The van der Waals surface area contributed by atoms with Crippen molar-refractivity contribution in [2.45, 2.75) is 6.92 Å². The number of carbonyl (C=O) groups excluding carboxylic acids is 1. The Morgan fingerprint density at radius 3 is 2.24 bits per heavy atom. The van der Waals surface area contributed by atoms with E-state index in [1.807, 2.05) is 37.3 Å². The minimum Gasteiger partial charge on any atom is -0.493 e. The fourth-order valence-electron chi connectivity index (χ4n) is 2.04. The molecule has 21 heavy (non-hydrogen) atoms. The highest BCUT2D eigenvalue weighted by atomic mass is 16.7. The van der Waals surface area contributed by atoms with Crippen molar-refractivity contribution in [3.05, 3.63) is 48.0 Å². The van der Waals surface area contributed by atoms with Crippen LogP contribution in [0.1, 0.15) is 17.3 Å².